The molecule has 4 atom stereocenters. The fourth-order valence-electron chi connectivity index (χ4n) is 5.30. The molecule has 40 heavy (non-hydrogen) atoms. The SMILES string of the molecule is COc1ccc(O[C@@H](Cc2ccc(OCCNC3C4CN(Cc5cc(F)c(F)cc5F)C[C@@H]43)cc2)C(=O)O)cc1. The highest BCUT2D eigenvalue weighted by Gasteiger charge is 2.55. The molecule has 212 valence electrons. The van der Waals surface area contributed by atoms with Crippen LogP contribution in [-0.2, 0) is 17.8 Å². The lowest BCUT2D eigenvalue weighted by atomic mass is 10.1. The van der Waals surface area contributed by atoms with Crippen LogP contribution in [0.25, 0.3) is 0 Å². The molecule has 1 saturated heterocycles. The van der Waals surface area contributed by atoms with Crippen molar-refractivity contribution in [3.63, 3.8) is 0 Å². The van der Waals surface area contributed by atoms with Gasteiger partial charge < -0.3 is 24.6 Å². The van der Waals surface area contributed by atoms with Crippen LogP contribution >= 0.6 is 0 Å². The number of nitrogens with zero attached hydrogens (tertiary/aromatic N) is 1. The fraction of sp³-hybridized carbons (Fsp3) is 0.367. The fourth-order valence-corrected chi connectivity index (χ4v) is 5.30. The number of methoxy groups -OCH3 is 1. The molecule has 0 aromatic heterocycles. The average molecular weight is 557 g/mol. The minimum Gasteiger partial charge on any atom is -0.497 e. The first-order valence-corrected chi connectivity index (χ1v) is 13.1. The van der Waals surface area contributed by atoms with Crippen LogP contribution in [0.4, 0.5) is 13.2 Å². The van der Waals surface area contributed by atoms with E-state index < -0.39 is 29.5 Å². The van der Waals surface area contributed by atoms with E-state index in [1.807, 2.05) is 24.3 Å². The highest BCUT2D eigenvalue weighted by Crippen LogP contribution is 2.45. The number of carbonyl (C=O) groups is 1. The summed E-state index contributed by atoms with van der Waals surface area (Å²) < 4.78 is 57.1. The molecule has 1 heterocycles. The van der Waals surface area contributed by atoms with E-state index in [1.165, 1.54) is 0 Å². The normalized spacial score (nSPS) is 20.6. The van der Waals surface area contributed by atoms with Crippen molar-refractivity contribution in [1.29, 1.82) is 0 Å². The van der Waals surface area contributed by atoms with Crippen molar-refractivity contribution >= 4 is 5.97 Å². The quantitative estimate of drug-likeness (QED) is 0.240. The summed E-state index contributed by atoms with van der Waals surface area (Å²) in [6.07, 6.45) is -0.831. The van der Waals surface area contributed by atoms with Crippen molar-refractivity contribution in [3.05, 3.63) is 89.2 Å². The first-order valence-electron chi connectivity index (χ1n) is 13.1. The van der Waals surface area contributed by atoms with Gasteiger partial charge in [-0.05, 0) is 59.9 Å². The Hall–Kier alpha value is -3.76. The molecule has 7 nitrogen and oxygen atoms in total. The molecule has 5 rings (SSSR count). The number of halogens is 3. The van der Waals surface area contributed by atoms with E-state index in [4.69, 9.17) is 14.2 Å². The average Bonchev–Trinajstić information content (AvgIpc) is 3.39. The predicted octanol–water partition coefficient (Wildman–Crippen LogP) is 4.29. The molecule has 0 amide bonds. The summed E-state index contributed by atoms with van der Waals surface area (Å²) in [7, 11) is 1.56. The van der Waals surface area contributed by atoms with Gasteiger partial charge in [-0.25, -0.2) is 18.0 Å². The standard InChI is InChI=1S/C30H31F3N2O5/c1-38-20-6-8-22(9-7-20)40-28(30(36)37)12-18-2-4-21(5-3-18)39-11-10-34-29-23-16-35(17-24(23)29)15-19-13-26(32)27(33)14-25(19)31/h2-9,13-14,23-24,28-29,34H,10-12,15-17H2,1H3,(H,36,37)/t23-,24?,28-,29?/m0/s1. The van der Waals surface area contributed by atoms with Crippen molar-refractivity contribution in [1.82, 2.24) is 10.2 Å². The molecule has 3 aromatic rings. The van der Waals surface area contributed by atoms with Crippen molar-refractivity contribution in [3.8, 4) is 17.2 Å². The monoisotopic (exact) mass is 556 g/mol. The molecule has 2 N–H and O–H groups in total. The lowest BCUT2D eigenvalue weighted by Gasteiger charge is -2.20. The Morgan fingerprint density at radius 1 is 0.950 bits per heavy atom. The topological polar surface area (TPSA) is 80.3 Å². The van der Waals surface area contributed by atoms with Crippen LogP contribution in [0.15, 0.2) is 60.7 Å². The van der Waals surface area contributed by atoms with E-state index in [0.717, 1.165) is 24.7 Å². The second-order valence-electron chi connectivity index (χ2n) is 10.2. The van der Waals surface area contributed by atoms with E-state index >= 15 is 0 Å². The van der Waals surface area contributed by atoms with Gasteiger partial charge in [-0.2, -0.15) is 0 Å². The zero-order chi connectivity index (χ0) is 28.2. The maximum atomic E-state index is 13.9. The smallest absolute Gasteiger partial charge is 0.345 e. The number of rotatable bonds is 13. The summed E-state index contributed by atoms with van der Waals surface area (Å²) in [5.74, 6) is -1.27. The molecule has 3 aromatic carbocycles. The number of benzene rings is 3. The molecule has 2 aliphatic rings. The summed E-state index contributed by atoms with van der Waals surface area (Å²) in [5, 5.41) is 13.1. The summed E-state index contributed by atoms with van der Waals surface area (Å²) in [4.78, 5) is 13.8. The number of carboxylic acid groups (broad SMARTS) is 1. The minimum atomic E-state index is -1.17. The van der Waals surface area contributed by atoms with Gasteiger partial charge in [-0.1, -0.05) is 12.1 Å². The minimum absolute atomic E-state index is 0.173. The zero-order valence-corrected chi connectivity index (χ0v) is 22.0. The van der Waals surface area contributed by atoms with Crippen LogP contribution in [0.3, 0.4) is 0 Å². The Morgan fingerprint density at radius 2 is 1.57 bits per heavy atom. The Morgan fingerprint density at radius 3 is 2.23 bits per heavy atom. The maximum absolute atomic E-state index is 13.9. The molecule has 1 aliphatic carbocycles. The number of fused-ring (bicyclic) bond motifs is 1. The number of likely N-dealkylation sites (tertiary alicyclic amines) is 1. The number of ether oxygens (including phenoxy) is 3. The van der Waals surface area contributed by atoms with Crippen LogP contribution in [-0.4, -0.2) is 61.5 Å². The first kappa shape index (κ1) is 27.8. The van der Waals surface area contributed by atoms with Gasteiger partial charge in [0.15, 0.2) is 17.7 Å². The molecule has 0 spiro atoms. The molecule has 1 aliphatic heterocycles. The largest absolute Gasteiger partial charge is 0.497 e. The van der Waals surface area contributed by atoms with Crippen molar-refractivity contribution in [2.24, 2.45) is 11.8 Å². The molecular weight excluding hydrogens is 525 g/mol. The van der Waals surface area contributed by atoms with E-state index in [1.54, 1.807) is 31.4 Å². The highest BCUT2D eigenvalue weighted by atomic mass is 19.2. The van der Waals surface area contributed by atoms with E-state index in [2.05, 4.69) is 10.2 Å². The van der Waals surface area contributed by atoms with Gasteiger partial charge in [0, 0.05) is 50.3 Å². The summed E-state index contributed by atoms with van der Waals surface area (Å²) in [5.41, 5.74) is 0.984. The second kappa shape index (κ2) is 12.2. The van der Waals surface area contributed by atoms with Crippen molar-refractivity contribution in [2.45, 2.75) is 25.1 Å². The highest BCUT2D eigenvalue weighted by molar-refractivity contribution is 5.73. The van der Waals surface area contributed by atoms with Crippen molar-refractivity contribution < 1.29 is 37.3 Å². The van der Waals surface area contributed by atoms with Crippen LogP contribution in [0.1, 0.15) is 11.1 Å². The number of piperidine rings is 1. The third-order valence-corrected chi connectivity index (χ3v) is 7.46. The van der Waals surface area contributed by atoms with Gasteiger partial charge in [0.1, 0.15) is 29.7 Å². The molecule has 10 heteroatoms. The molecule has 1 saturated carbocycles. The lowest BCUT2D eigenvalue weighted by molar-refractivity contribution is -0.145. The maximum Gasteiger partial charge on any atom is 0.345 e. The predicted molar refractivity (Wildman–Crippen MR) is 141 cm³/mol. The lowest BCUT2D eigenvalue weighted by Crippen LogP contribution is -2.33. The van der Waals surface area contributed by atoms with E-state index in [-0.39, 0.29) is 18.5 Å². The molecular formula is C30H31F3N2O5. The second-order valence-corrected chi connectivity index (χ2v) is 10.2. The van der Waals surface area contributed by atoms with Gasteiger partial charge in [-0.15, -0.1) is 0 Å². The summed E-state index contributed by atoms with van der Waals surface area (Å²) in [6, 6.07) is 15.9. The van der Waals surface area contributed by atoms with Gasteiger partial charge in [0.05, 0.1) is 7.11 Å². The Bertz CT molecular complexity index is 1310. The van der Waals surface area contributed by atoms with Crippen LogP contribution < -0.4 is 19.5 Å². The van der Waals surface area contributed by atoms with Gasteiger partial charge in [0.2, 0.25) is 0 Å². The first-order chi connectivity index (χ1) is 19.3. The Labute approximate surface area is 230 Å². The number of hydrogen-bond acceptors (Lipinski definition) is 6. The Kier molecular flexibility index (Phi) is 8.46. The molecule has 2 fully saturated rings. The van der Waals surface area contributed by atoms with Gasteiger partial charge in [0.25, 0.3) is 0 Å². The van der Waals surface area contributed by atoms with Crippen LogP contribution in [0, 0.1) is 29.3 Å². The number of aliphatic carboxylic acids is 1. The molecule has 0 bridgehead atoms. The third kappa shape index (κ3) is 6.68. The van der Waals surface area contributed by atoms with Crippen LogP contribution in [0.2, 0.25) is 0 Å². The zero-order valence-electron chi connectivity index (χ0n) is 22.0. The van der Waals surface area contributed by atoms with E-state index in [9.17, 15) is 23.1 Å². The summed E-state index contributed by atoms with van der Waals surface area (Å²) in [6.45, 7) is 2.96. The van der Waals surface area contributed by atoms with E-state index in [0.29, 0.717) is 54.3 Å². The third-order valence-electron chi connectivity index (χ3n) is 7.46. The number of carboxylic acids is 1. The number of hydrogen-bond donors (Lipinski definition) is 2. The molecule has 2 unspecified atom stereocenters. The Balaban J connectivity index is 1.01. The van der Waals surface area contributed by atoms with Gasteiger partial charge in [-0.3, -0.25) is 4.90 Å². The van der Waals surface area contributed by atoms with Crippen LogP contribution in [0.5, 0.6) is 17.2 Å². The molecule has 0 radical (unpaired) electrons. The summed E-state index contributed by atoms with van der Waals surface area (Å²) >= 11 is 0. The van der Waals surface area contributed by atoms with Crippen molar-refractivity contribution in [2.75, 3.05) is 33.4 Å². The van der Waals surface area contributed by atoms with Gasteiger partial charge >= 0.3 is 5.97 Å². The number of nitrogens with one attached hydrogen (secondary N) is 1.